The van der Waals surface area contributed by atoms with Gasteiger partial charge in [-0.2, -0.15) is 4.98 Å². The second-order valence-corrected chi connectivity index (χ2v) is 7.46. The molecule has 2 aliphatic heterocycles. The summed E-state index contributed by atoms with van der Waals surface area (Å²) >= 11 is 0. The maximum atomic E-state index is 12.5. The van der Waals surface area contributed by atoms with Gasteiger partial charge in [0.1, 0.15) is 5.76 Å². The Morgan fingerprint density at radius 2 is 1.68 bits per heavy atom. The second kappa shape index (κ2) is 6.69. The molecular weight excluding hydrogens is 320 g/mol. The van der Waals surface area contributed by atoms with Gasteiger partial charge in [-0.3, -0.25) is 10.1 Å². The highest BCUT2D eigenvalue weighted by molar-refractivity contribution is 5.90. The number of aryl methyl sites for hydroxylation is 1. The van der Waals surface area contributed by atoms with Gasteiger partial charge < -0.3 is 14.2 Å². The summed E-state index contributed by atoms with van der Waals surface area (Å²) < 4.78 is 5.59. The minimum absolute atomic E-state index is 0.0446. The molecule has 7 nitrogen and oxygen atoms in total. The molecule has 25 heavy (non-hydrogen) atoms. The second-order valence-electron chi connectivity index (χ2n) is 7.46. The minimum atomic E-state index is -0.0841. The van der Waals surface area contributed by atoms with Gasteiger partial charge in [-0.05, 0) is 45.4 Å². The standard InChI is InChI=1S/C18H26N4O3/c1-12-15(13-4-5-13)19-17(25-12)20-16(23)14-6-10-22(11-7-14)18(24)21-8-2-3-9-21/h13-14H,2-11H2,1H3,(H,19,20,23). The molecule has 1 N–H and O–H groups in total. The average Bonchev–Trinajstić information content (AvgIpc) is 3.17. The van der Waals surface area contributed by atoms with E-state index in [4.69, 9.17) is 4.42 Å². The number of aromatic nitrogens is 1. The lowest BCUT2D eigenvalue weighted by molar-refractivity contribution is -0.121. The van der Waals surface area contributed by atoms with Gasteiger partial charge in [-0.1, -0.05) is 0 Å². The van der Waals surface area contributed by atoms with Crippen LogP contribution in [0, 0.1) is 12.8 Å². The van der Waals surface area contributed by atoms with Gasteiger partial charge in [-0.15, -0.1) is 0 Å². The van der Waals surface area contributed by atoms with E-state index in [1.165, 1.54) is 0 Å². The Morgan fingerprint density at radius 3 is 2.32 bits per heavy atom. The molecule has 1 aromatic rings. The summed E-state index contributed by atoms with van der Waals surface area (Å²) in [5.74, 6) is 1.19. The van der Waals surface area contributed by atoms with Crippen LogP contribution in [0.2, 0.25) is 0 Å². The first-order valence-electron chi connectivity index (χ1n) is 9.44. The Labute approximate surface area is 147 Å². The molecule has 1 aromatic heterocycles. The molecule has 4 rings (SSSR count). The van der Waals surface area contributed by atoms with Crippen LogP contribution in [-0.2, 0) is 4.79 Å². The van der Waals surface area contributed by atoms with Crippen LogP contribution in [0.3, 0.4) is 0 Å². The summed E-state index contributed by atoms with van der Waals surface area (Å²) in [6.45, 7) is 4.92. The molecule has 0 atom stereocenters. The van der Waals surface area contributed by atoms with Gasteiger partial charge in [0.15, 0.2) is 0 Å². The number of likely N-dealkylation sites (tertiary alicyclic amines) is 2. The number of hydrogen-bond acceptors (Lipinski definition) is 4. The van der Waals surface area contributed by atoms with Crippen molar-refractivity contribution >= 4 is 18.0 Å². The van der Waals surface area contributed by atoms with Gasteiger partial charge in [0.05, 0.1) is 5.69 Å². The molecule has 7 heteroatoms. The molecule has 136 valence electrons. The Bertz CT molecular complexity index is 653. The van der Waals surface area contributed by atoms with Crippen LogP contribution < -0.4 is 5.32 Å². The number of piperidine rings is 1. The van der Waals surface area contributed by atoms with Crippen LogP contribution in [0.15, 0.2) is 4.42 Å². The van der Waals surface area contributed by atoms with Crippen molar-refractivity contribution in [1.82, 2.24) is 14.8 Å². The zero-order chi connectivity index (χ0) is 17.4. The van der Waals surface area contributed by atoms with E-state index in [0.717, 1.165) is 50.2 Å². The number of amides is 3. The summed E-state index contributed by atoms with van der Waals surface area (Å²) in [6, 6.07) is 0.453. The Morgan fingerprint density at radius 1 is 1.04 bits per heavy atom. The Balaban J connectivity index is 1.29. The SMILES string of the molecule is Cc1oc(NC(=O)C2CCN(C(=O)N3CCCC3)CC2)nc1C1CC1. The maximum absolute atomic E-state index is 12.5. The molecule has 0 aromatic carbocycles. The van der Waals surface area contributed by atoms with Crippen molar-refractivity contribution < 1.29 is 14.0 Å². The number of nitrogens with zero attached hydrogens (tertiary/aromatic N) is 3. The predicted octanol–water partition coefficient (Wildman–Crippen LogP) is 2.73. The third kappa shape index (κ3) is 3.50. The van der Waals surface area contributed by atoms with Crippen molar-refractivity contribution in [2.75, 3.05) is 31.5 Å². The van der Waals surface area contributed by atoms with Gasteiger partial charge in [0.2, 0.25) is 5.91 Å². The lowest BCUT2D eigenvalue weighted by atomic mass is 9.96. The van der Waals surface area contributed by atoms with E-state index in [2.05, 4.69) is 10.3 Å². The Kier molecular flexibility index (Phi) is 4.39. The van der Waals surface area contributed by atoms with Crippen molar-refractivity contribution in [2.24, 2.45) is 5.92 Å². The van der Waals surface area contributed by atoms with E-state index in [0.29, 0.717) is 37.9 Å². The largest absolute Gasteiger partial charge is 0.428 e. The number of hydrogen-bond donors (Lipinski definition) is 1. The Hall–Kier alpha value is -2.05. The fourth-order valence-electron chi connectivity index (χ4n) is 3.85. The van der Waals surface area contributed by atoms with Crippen molar-refractivity contribution in [3.05, 3.63) is 11.5 Å². The minimum Gasteiger partial charge on any atom is -0.428 e. The van der Waals surface area contributed by atoms with Crippen LogP contribution in [0.5, 0.6) is 0 Å². The predicted molar refractivity (Wildman–Crippen MR) is 92.3 cm³/mol. The molecule has 0 radical (unpaired) electrons. The lowest BCUT2D eigenvalue weighted by Gasteiger charge is -2.33. The number of anilines is 1. The van der Waals surface area contributed by atoms with Crippen LogP contribution in [0.25, 0.3) is 0 Å². The van der Waals surface area contributed by atoms with Crippen LogP contribution in [0.4, 0.5) is 10.8 Å². The molecule has 2 saturated heterocycles. The number of nitrogens with one attached hydrogen (secondary N) is 1. The van der Waals surface area contributed by atoms with Crippen molar-refractivity contribution in [2.45, 2.75) is 51.4 Å². The van der Waals surface area contributed by atoms with E-state index >= 15 is 0 Å². The average molecular weight is 346 g/mol. The topological polar surface area (TPSA) is 78.7 Å². The molecule has 3 fully saturated rings. The van der Waals surface area contributed by atoms with Gasteiger partial charge in [0, 0.05) is 38.0 Å². The summed E-state index contributed by atoms with van der Waals surface area (Å²) in [7, 11) is 0. The first kappa shape index (κ1) is 16.4. The monoisotopic (exact) mass is 346 g/mol. The fraction of sp³-hybridized carbons (Fsp3) is 0.722. The smallest absolute Gasteiger partial charge is 0.319 e. The van der Waals surface area contributed by atoms with Crippen LogP contribution >= 0.6 is 0 Å². The van der Waals surface area contributed by atoms with E-state index in [-0.39, 0.29) is 17.9 Å². The quantitative estimate of drug-likeness (QED) is 0.913. The fourth-order valence-corrected chi connectivity index (χ4v) is 3.85. The number of carbonyl (C=O) groups is 2. The highest BCUT2D eigenvalue weighted by Crippen LogP contribution is 2.41. The maximum Gasteiger partial charge on any atom is 0.319 e. The van der Waals surface area contributed by atoms with E-state index in [1.807, 2.05) is 16.7 Å². The summed E-state index contributed by atoms with van der Waals surface area (Å²) in [5.41, 5.74) is 0.987. The first-order valence-corrected chi connectivity index (χ1v) is 9.44. The van der Waals surface area contributed by atoms with Crippen molar-refractivity contribution in [3.63, 3.8) is 0 Å². The number of oxazole rings is 1. The van der Waals surface area contributed by atoms with E-state index in [9.17, 15) is 9.59 Å². The van der Waals surface area contributed by atoms with Gasteiger partial charge >= 0.3 is 12.0 Å². The molecule has 0 unspecified atom stereocenters. The van der Waals surface area contributed by atoms with Crippen LogP contribution in [0.1, 0.15) is 55.9 Å². The number of rotatable bonds is 3. The number of carbonyl (C=O) groups excluding carboxylic acids is 2. The third-order valence-corrected chi connectivity index (χ3v) is 5.54. The van der Waals surface area contributed by atoms with Crippen LogP contribution in [-0.4, -0.2) is 52.9 Å². The molecule has 3 amide bonds. The van der Waals surface area contributed by atoms with E-state index < -0.39 is 0 Å². The summed E-state index contributed by atoms with van der Waals surface area (Å²) in [5, 5.41) is 2.82. The van der Waals surface area contributed by atoms with E-state index in [1.54, 1.807) is 0 Å². The zero-order valence-corrected chi connectivity index (χ0v) is 14.8. The molecule has 1 aliphatic carbocycles. The summed E-state index contributed by atoms with van der Waals surface area (Å²) in [6.07, 6.45) is 5.90. The molecule has 3 aliphatic rings. The molecule has 0 bridgehead atoms. The highest BCUT2D eigenvalue weighted by Gasteiger charge is 2.32. The zero-order valence-electron chi connectivity index (χ0n) is 14.8. The normalized spacial score (nSPS) is 21.6. The van der Waals surface area contributed by atoms with Crippen molar-refractivity contribution in [3.8, 4) is 0 Å². The van der Waals surface area contributed by atoms with Gasteiger partial charge in [0.25, 0.3) is 0 Å². The molecular formula is C18H26N4O3. The molecule has 3 heterocycles. The highest BCUT2D eigenvalue weighted by atomic mass is 16.4. The molecule has 0 spiro atoms. The first-order chi connectivity index (χ1) is 12.1. The number of urea groups is 1. The van der Waals surface area contributed by atoms with Gasteiger partial charge in [-0.25, -0.2) is 4.79 Å². The summed E-state index contributed by atoms with van der Waals surface area (Å²) in [4.78, 5) is 33.1. The molecule has 1 saturated carbocycles. The van der Waals surface area contributed by atoms with Crippen molar-refractivity contribution in [1.29, 1.82) is 0 Å². The third-order valence-electron chi connectivity index (χ3n) is 5.54. The lowest BCUT2D eigenvalue weighted by Crippen LogP contribution is -2.47.